The highest BCUT2D eigenvalue weighted by Crippen LogP contribution is 2.34. The normalized spacial score (nSPS) is 14.6. The largest absolute Gasteiger partial charge is 0.486 e. The van der Waals surface area contributed by atoms with Gasteiger partial charge in [0.2, 0.25) is 11.8 Å². The summed E-state index contributed by atoms with van der Waals surface area (Å²) in [7, 11) is 0. The van der Waals surface area contributed by atoms with Gasteiger partial charge in [-0.25, -0.2) is 4.39 Å². The number of benzene rings is 2. The molecule has 2 amide bonds. The average Bonchev–Trinajstić information content (AvgIpc) is 2.76. The predicted molar refractivity (Wildman–Crippen MR) is 120 cm³/mol. The molecular formula is C23H27FN2O4S. The highest BCUT2D eigenvalue weighted by molar-refractivity contribution is 8.01. The number of hydrogen-bond acceptors (Lipinski definition) is 5. The summed E-state index contributed by atoms with van der Waals surface area (Å²) in [5.74, 6) is 0.906. The minimum absolute atomic E-state index is 0.113. The molecule has 166 valence electrons. The van der Waals surface area contributed by atoms with Crippen LogP contribution in [0.25, 0.3) is 0 Å². The average molecular weight is 447 g/mol. The molecule has 2 N–H and O–H groups in total. The van der Waals surface area contributed by atoms with Gasteiger partial charge in [-0.2, -0.15) is 0 Å². The highest BCUT2D eigenvalue weighted by Gasteiger charge is 2.24. The second-order valence-electron chi connectivity index (χ2n) is 7.64. The van der Waals surface area contributed by atoms with Crippen molar-refractivity contribution in [3.8, 4) is 11.5 Å². The molecule has 2 aromatic carbocycles. The fraction of sp³-hybridized carbons (Fsp3) is 0.391. The number of anilines is 1. The zero-order chi connectivity index (χ0) is 22.4. The van der Waals surface area contributed by atoms with E-state index >= 15 is 0 Å². The third-order valence-electron chi connectivity index (χ3n) is 4.85. The van der Waals surface area contributed by atoms with E-state index in [1.165, 1.54) is 36.0 Å². The molecule has 0 spiro atoms. The van der Waals surface area contributed by atoms with Gasteiger partial charge in [0, 0.05) is 5.69 Å². The number of halogens is 1. The molecule has 31 heavy (non-hydrogen) atoms. The first-order chi connectivity index (χ1) is 14.8. The lowest BCUT2D eigenvalue weighted by atomic mass is 9.95. The Balaban J connectivity index is 1.55. The molecular weight excluding hydrogens is 419 g/mol. The third-order valence-corrected chi connectivity index (χ3v) is 5.99. The van der Waals surface area contributed by atoms with Crippen molar-refractivity contribution in [3.05, 3.63) is 53.8 Å². The molecule has 1 aliphatic rings. The van der Waals surface area contributed by atoms with E-state index in [1.54, 1.807) is 6.92 Å². The lowest BCUT2D eigenvalue weighted by molar-refractivity contribution is -0.121. The number of rotatable bonds is 8. The molecule has 0 bridgehead atoms. The molecule has 0 aromatic heterocycles. The van der Waals surface area contributed by atoms with E-state index in [4.69, 9.17) is 9.47 Å². The van der Waals surface area contributed by atoms with Crippen LogP contribution in [0.15, 0.2) is 42.5 Å². The quantitative estimate of drug-likeness (QED) is 0.637. The van der Waals surface area contributed by atoms with Crippen molar-refractivity contribution in [2.24, 2.45) is 5.92 Å². The number of amides is 2. The Kier molecular flexibility index (Phi) is 7.79. The van der Waals surface area contributed by atoms with E-state index in [0.717, 1.165) is 5.56 Å². The van der Waals surface area contributed by atoms with Gasteiger partial charge in [-0.3, -0.25) is 9.59 Å². The number of carbonyl (C=O) groups is 2. The van der Waals surface area contributed by atoms with Gasteiger partial charge in [0.1, 0.15) is 19.0 Å². The highest BCUT2D eigenvalue weighted by atomic mass is 32.2. The van der Waals surface area contributed by atoms with Gasteiger partial charge >= 0.3 is 0 Å². The molecule has 0 saturated heterocycles. The number of thioether (sulfide) groups is 1. The molecule has 2 atom stereocenters. The summed E-state index contributed by atoms with van der Waals surface area (Å²) in [6.45, 7) is 6.88. The Hall–Kier alpha value is -2.74. The molecule has 0 saturated carbocycles. The van der Waals surface area contributed by atoms with Gasteiger partial charge in [-0.15, -0.1) is 11.8 Å². The monoisotopic (exact) mass is 446 g/mol. The van der Waals surface area contributed by atoms with Crippen LogP contribution in [0.4, 0.5) is 10.1 Å². The number of ether oxygens (including phenoxy) is 2. The summed E-state index contributed by atoms with van der Waals surface area (Å²) >= 11 is 1.24. The fourth-order valence-electron chi connectivity index (χ4n) is 3.17. The Labute approximate surface area is 185 Å². The molecule has 0 aliphatic carbocycles. The van der Waals surface area contributed by atoms with Crippen LogP contribution in [0.1, 0.15) is 32.4 Å². The Bertz CT molecular complexity index is 920. The summed E-state index contributed by atoms with van der Waals surface area (Å²) in [4.78, 5) is 24.9. The van der Waals surface area contributed by atoms with Crippen LogP contribution >= 0.6 is 11.8 Å². The summed E-state index contributed by atoms with van der Waals surface area (Å²) in [6, 6.07) is 11.1. The Morgan fingerprint density at radius 3 is 2.39 bits per heavy atom. The number of nitrogens with one attached hydrogen (secondary N) is 2. The maximum atomic E-state index is 13.0. The lowest BCUT2D eigenvalue weighted by Gasteiger charge is -2.26. The van der Waals surface area contributed by atoms with Gasteiger partial charge in [0.05, 0.1) is 17.0 Å². The van der Waals surface area contributed by atoms with Crippen molar-refractivity contribution in [3.63, 3.8) is 0 Å². The van der Waals surface area contributed by atoms with E-state index < -0.39 is 5.25 Å². The van der Waals surface area contributed by atoms with Crippen molar-refractivity contribution in [2.45, 2.75) is 32.1 Å². The van der Waals surface area contributed by atoms with Crippen LogP contribution < -0.4 is 20.1 Å². The topological polar surface area (TPSA) is 76.7 Å². The first-order valence-electron chi connectivity index (χ1n) is 10.2. The first kappa shape index (κ1) is 22.9. The van der Waals surface area contributed by atoms with Crippen LogP contribution in [0.5, 0.6) is 11.5 Å². The first-order valence-corrected chi connectivity index (χ1v) is 11.3. The summed E-state index contributed by atoms with van der Waals surface area (Å²) in [5.41, 5.74) is 1.46. The van der Waals surface area contributed by atoms with E-state index in [0.29, 0.717) is 30.4 Å². The molecule has 8 heteroatoms. The van der Waals surface area contributed by atoms with Crippen LogP contribution in [0.2, 0.25) is 0 Å². The van der Waals surface area contributed by atoms with Gasteiger partial charge in [-0.1, -0.05) is 19.9 Å². The van der Waals surface area contributed by atoms with Gasteiger partial charge < -0.3 is 20.1 Å². The van der Waals surface area contributed by atoms with Crippen molar-refractivity contribution >= 4 is 29.3 Å². The van der Waals surface area contributed by atoms with Crippen molar-refractivity contribution in [1.82, 2.24) is 5.32 Å². The Morgan fingerprint density at radius 1 is 1.03 bits per heavy atom. The SMILES string of the molecule is CC(SCC(=O)Nc1ccc(F)cc1)C(=O)NC(c1ccc2c(c1)OCCO2)C(C)C. The maximum Gasteiger partial charge on any atom is 0.234 e. The molecule has 6 nitrogen and oxygen atoms in total. The van der Waals surface area contributed by atoms with Crippen LogP contribution in [-0.4, -0.2) is 36.0 Å². The fourth-order valence-corrected chi connectivity index (χ4v) is 3.86. The Morgan fingerprint density at radius 2 is 1.71 bits per heavy atom. The maximum absolute atomic E-state index is 13.0. The summed E-state index contributed by atoms with van der Waals surface area (Å²) < 4.78 is 24.2. The van der Waals surface area contributed by atoms with E-state index in [2.05, 4.69) is 10.6 Å². The summed E-state index contributed by atoms with van der Waals surface area (Å²) in [6.07, 6.45) is 0. The standard InChI is InChI=1S/C23H27FN2O4S/c1-14(2)22(16-4-9-19-20(12-16)30-11-10-29-19)26-23(28)15(3)31-13-21(27)25-18-7-5-17(24)6-8-18/h4-9,12,14-15,22H,10-11,13H2,1-3H3,(H,25,27)(H,26,28). The van der Waals surface area contributed by atoms with Crippen LogP contribution in [-0.2, 0) is 9.59 Å². The minimum Gasteiger partial charge on any atom is -0.486 e. The predicted octanol–water partition coefficient (Wildman–Crippen LogP) is 4.17. The van der Waals surface area contributed by atoms with Crippen LogP contribution in [0, 0.1) is 11.7 Å². The molecule has 1 heterocycles. The smallest absolute Gasteiger partial charge is 0.234 e. The minimum atomic E-state index is -0.419. The van der Waals surface area contributed by atoms with Gasteiger partial charge in [0.15, 0.2) is 11.5 Å². The number of fused-ring (bicyclic) bond motifs is 1. The summed E-state index contributed by atoms with van der Waals surface area (Å²) in [5, 5.41) is 5.36. The molecule has 0 fully saturated rings. The molecule has 0 radical (unpaired) electrons. The molecule has 2 aromatic rings. The van der Waals surface area contributed by atoms with E-state index in [1.807, 2.05) is 32.0 Å². The van der Waals surface area contributed by atoms with E-state index in [-0.39, 0.29) is 35.3 Å². The van der Waals surface area contributed by atoms with Crippen molar-refractivity contribution < 1.29 is 23.5 Å². The van der Waals surface area contributed by atoms with E-state index in [9.17, 15) is 14.0 Å². The lowest BCUT2D eigenvalue weighted by Crippen LogP contribution is -2.37. The number of carbonyl (C=O) groups excluding carboxylic acids is 2. The van der Waals surface area contributed by atoms with Crippen molar-refractivity contribution in [2.75, 3.05) is 24.3 Å². The third kappa shape index (κ3) is 6.37. The molecule has 3 rings (SSSR count). The second kappa shape index (κ2) is 10.5. The zero-order valence-corrected chi connectivity index (χ0v) is 18.6. The molecule has 2 unspecified atom stereocenters. The van der Waals surface area contributed by atoms with Gasteiger partial charge in [-0.05, 0) is 54.8 Å². The van der Waals surface area contributed by atoms with Gasteiger partial charge in [0.25, 0.3) is 0 Å². The van der Waals surface area contributed by atoms with Crippen molar-refractivity contribution in [1.29, 1.82) is 0 Å². The number of hydrogen-bond donors (Lipinski definition) is 2. The van der Waals surface area contributed by atoms with Crippen LogP contribution in [0.3, 0.4) is 0 Å². The molecule has 1 aliphatic heterocycles. The second-order valence-corrected chi connectivity index (χ2v) is 8.97. The zero-order valence-electron chi connectivity index (χ0n) is 17.8.